The monoisotopic (exact) mass is 299 g/mol. The van der Waals surface area contributed by atoms with Crippen molar-refractivity contribution >= 4 is 16.7 Å². The molecule has 0 aromatic heterocycles. The number of carbonyl (C=O) groups is 1. The molecule has 0 heterocycles. The summed E-state index contributed by atoms with van der Waals surface area (Å²) in [5, 5.41) is 24.5. The lowest BCUT2D eigenvalue weighted by molar-refractivity contribution is 0.0872. The summed E-state index contributed by atoms with van der Waals surface area (Å²) in [5.74, 6) is 0.0542. The lowest BCUT2D eigenvalue weighted by atomic mass is 9.87. The first kappa shape index (κ1) is 14.9. The second kappa shape index (κ2) is 6.36. The lowest BCUT2D eigenvalue weighted by Gasteiger charge is -2.25. The molecule has 1 aliphatic rings. The fraction of sp³-hybridized carbons (Fsp3) is 0.389. The molecule has 2 aromatic carbocycles. The minimum atomic E-state index is -0.261. The van der Waals surface area contributed by atoms with Gasteiger partial charge in [0.2, 0.25) is 0 Å². The van der Waals surface area contributed by atoms with Gasteiger partial charge in [-0.25, -0.2) is 0 Å². The molecule has 2 atom stereocenters. The Labute approximate surface area is 129 Å². The summed E-state index contributed by atoms with van der Waals surface area (Å²) >= 11 is 0. The van der Waals surface area contributed by atoms with Crippen LogP contribution in [0.4, 0.5) is 0 Å². The SMILES string of the molecule is O=C(NCC1CCCC(O)C1)c1cc2ccccc2cc1O. The molecule has 3 rings (SSSR count). The number of aromatic hydroxyl groups is 1. The number of amides is 1. The van der Waals surface area contributed by atoms with Gasteiger partial charge in [-0.3, -0.25) is 4.79 Å². The zero-order valence-corrected chi connectivity index (χ0v) is 12.5. The van der Waals surface area contributed by atoms with Crippen LogP contribution in [0.2, 0.25) is 0 Å². The molecule has 1 aliphatic carbocycles. The second-order valence-corrected chi connectivity index (χ2v) is 6.11. The van der Waals surface area contributed by atoms with Crippen molar-refractivity contribution in [3.63, 3.8) is 0 Å². The van der Waals surface area contributed by atoms with Crippen LogP contribution in [-0.2, 0) is 0 Å². The maximum atomic E-state index is 12.3. The van der Waals surface area contributed by atoms with E-state index in [0.29, 0.717) is 18.0 Å². The molecule has 4 nitrogen and oxygen atoms in total. The highest BCUT2D eigenvalue weighted by Gasteiger charge is 2.21. The largest absolute Gasteiger partial charge is 0.507 e. The van der Waals surface area contributed by atoms with Gasteiger partial charge in [0.25, 0.3) is 5.91 Å². The van der Waals surface area contributed by atoms with E-state index in [2.05, 4.69) is 5.32 Å². The topological polar surface area (TPSA) is 69.6 Å². The van der Waals surface area contributed by atoms with Crippen molar-refractivity contribution in [1.82, 2.24) is 5.32 Å². The molecule has 2 aromatic rings. The molecule has 0 aliphatic heterocycles. The molecule has 0 radical (unpaired) electrons. The molecule has 0 saturated heterocycles. The molecule has 2 unspecified atom stereocenters. The fourth-order valence-electron chi connectivity index (χ4n) is 3.19. The third kappa shape index (κ3) is 3.22. The highest BCUT2D eigenvalue weighted by Crippen LogP contribution is 2.26. The fourth-order valence-corrected chi connectivity index (χ4v) is 3.19. The summed E-state index contributed by atoms with van der Waals surface area (Å²) in [7, 11) is 0. The molecule has 0 spiro atoms. The number of fused-ring (bicyclic) bond motifs is 1. The number of hydrogen-bond donors (Lipinski definition) is 3. The molecule has 4 heteroatoms. The lowest BCUT2D eigenvalue weighted by Crippen LogP contribution is -2.33. The smallest absolute Gasteiger partial charge is 0.255 e. The summed E-state index contributed by atoms with van der Waals surface area (Å²) in [4.78, 5) is 12.3. The van der Waals surface area contributed by atoms with Gasteiger partial charge in [-0.2, -0.15) is 0 Å². The molecule has 116 valence electrons. The maximum absolute atomic E-state index is 12.3. The highest BCUT2D eigenvalue weighted by molar-refractivity contribution is 6.01. The van der Waals surface area contributed by atoms with Crippen LogP contribution in [0.15, 0.2) is 36.4 Å². The first-order chi connectivity index (χ1) is 10.6. The van der Waals surface area contributed by atoms with Crippen molar-refractivity contribution in [1.29, 1.82) is 0 Å². The number of nitrogens with one attached hydrogen (secondary N) is 1. The van der Waals surface area contributed by atoms with E-state index in [1.807, 2.05) is 24.3 Å². The first-order valence-electron chi connectivity index (χ1n) is 7.81. The molecule has 22 heavy (non-hydrogen) atoms. The van der Waals surface area contributed by atoms with E-state index in [-0.39, 0.29) is 17.8 Å². The van der Waals surface area contributed by atoms with Gasteiger partial charge in [0.1, 0.15) is 5.75 Å². The Kier molecular flexibility index (Phi) is 4.29. The number of rotatable bonds is 3. The molecular formula is C18H21NO3. The average Bonchev–Trinajstić information content (AvgIpc) is 2.52. The third-order valence-corrected chi connectivity index (χ3v) is 4.42. The third-order valence-electron chi connectivity index (χ3n) is 4.42. The summed E-state index contributed by atoms with van der Waals surface area (Å²) < 4.78 is 0. The number of carbonyl (C=O) groups excluding carboxylic acids is 1. The predicted molar refractivity (Wildman–Crippen MR) is 85.9 cm³/mol. The predicted octanol–water partition coefficient (Wildman–Crippen LogP) is 2.83. The van der Waals surface area contributed by atoms with Crippen molar-refractivity contribution in [2.75, 3.05) is 6.54 Å². The number of hydrogen-bond acceptors (Lipinski definition) is 3. The van der Waals surface area contributed by atoms with Gasteiger partial charge in [-0.05, 0) is 48.1 Å². The molecule has 1 saturated carbocycles. The molecule has 3 N–H and O–H groups in total. The van der Waals surface area contributed by atoms with Gasteiger partial charge in [0, 0.05) is 6.54 Å². The zero-order valence-electron chi connectivity index (χ0n) is 12.5. The number of phenols is 1. The quantitative estimate of drug-likeness (QED) is 0.816. The van der Waals surface area contributed by atoms with Crippen LogP contribution in [0.3, 0.4) is 0 Å². The van der Waals surface area contributed by atoms with Gasteiger partial charge < -0.3 is 15.5 Å². The normalized spacial score (nSPS) is 21.7. The van der Waals surface area contributed by atoms with Crippen LogP contribution in [0.5, 0.6) is 5.75 Å². The van der Waals surface area contributed by atoms with Crippen LogP contribution >= 0.6 is 0 Å². The van der Waals surface area contributed by atoms with E-state index >= 15 is 0 Å². The minimum absolute atomic E-state index is 0.000112. The summed E-state index contributed by atoms with van der Waals surface area (Å²) in [6.45, 7) is 0.544. The van der Waals surface area contributed by atoms with Gasteiger partial charge in [0.15, 0.2) is 0 Å². The zero-order chi connectivity index (χ0) is 15.5. The Morgan fingerprint density at radius 3 is 2.64 bits per heavy atom. The second-order valence-electron chi connectivity index (χ2n) is 6.11. The standard InChI is InChI=1S/C18H21NO3/c20-15-7-3-4-12(8-15)11-19-18(22)16-9-13-5-1-2-6-14(13)10-17(16)21/h1-2,5-6,9-10,12,15,20-21H,3-4,7-8,11H2,(H,19,22). The van der Waals surface area contributed by atoms with Gasteiger partial charge in [0.05, 0.1) is 11.7 Å². The van der Waals surface area contributed by atoms with Gasteiger partial charge >= 0.3 is 0 Å². The van der Waals surface area contributed by atoms with Crippen LogP contribution in [0.1, 0.15) is 36.0 Å². The van der Waals surface area contributed by atoms with E-state index in [1.165, 1.54) is 0 Å². The van der Waals surface area contributed by atoms with Gasteiger partial charge in [-0.1, -0.05) is 30.7 Å². The van der Waals surface area contributed by atoms with Crippen LogP contribution < -0.4 is 5.32 Å². The number of aliphatic hydroxyl groups excluding tert-OH is 1. The van der Waals surface area contributed by atoms with Crippen molar-refractivity contribution < 1.29 is 15.0 Å². The first-order valence-corrected chi connectivity index (χ1v) is 7.81. The van der Waals surface area contributed by atoms with E-state index in [4.69, 9.17) is 0 Å². The van der Waals surface area contributed by atoms with Crippen LogP contribution in [0.25, 0.3) is 10.8 Å². The van der Waals surface area contributed by atoms with Crippen LogP contribution in [0, 0.1) is 5.92 Å². The summed E-state index contributed by atoms with van der Waals surface area (Å²) in [6, 6.07) is 11.0. The van der Waals surface area contributed by atoms with Crippen molar-refractivity contribution in [2.45, 2.75) is 31.8 Å². The number of phenolic OH excluding ortho intramolecular Hbond substituents is 1. The number of benzene rings is 2. The van der Waals surface area contributed by atoms with E-state index in [9.17, 15) is 15.0 Å². The van der Waals surface area contributed by atoms with E-state index < -0.39 is 0 Å². The van der Waals surface area contributed by atoms with Crippen molar-refractivity contribution in [3.05, 3.63) is 42.0 Å². The number of aliphatic hydroxyl groups is 1. The summed E-state index contributed by atoms with van der Waals surface area (Å²) in [5.41, 5.74) is 0.301. The highest BCUT2D eigenvalue weighted by atomic mass is 16.3. The Morgan fingerprint density at radius 2 is 1.91 bits per heavy atom. The van der Waals surface area contributed by atoms with Crippen LogP contribution in [-0.4, -0.2) is 28.8 Å². The maximum Gasteiger partial charge on any atom is 0.255 e. The Balaban J connectivity index is 1.70. The Hall–Kier alpha value is -2.07. The molecular weight excluding hydrogens is 278 g/mol. The van der Waals surface area contributed by atoms with E-state index in [0.717, 1.165) is 36.5 Å². The average molecular weight is 299 g/mol. The Bertz CT molecular complexity index is 683. The Morgan fingerprint density at radius 1 is 1.18 bits per heavy atom. The molecule has 1 amide bonds. The molecule has 1 fully saturated rings. The van der Waals surface area contributed by atoms with Crippen molar-refractivity contribution in [2.24, 2.45) is 5.92 Å². The van der Waals surface area contributed by atoms with E-state index in [1.54, 1.807) is 12.1 Å². The minimum Gasteiger partial charge on any atom is -0.507 e. The van der Waals surface area contributed by atoms with Crippen molar-refractivity contribution in [3.8, 4) is 5.75 Å². The molecule has 0 bridgehead atoms. The summed E-state index contributed by atoms with van der Waals surface area (Å²) in [6.07, 6.45) is 3.38. The van der Waals surface area contributed by atoms with Gasteiger partial charge in [-0.15, -0.1) is 0 Å².